The quantitative estimate of drug-likeness (QED) is 0.740. The van der Waals surface area contributed by atoms with Crippen molar-refractivity contribution in [2.75, 3.05) is 5.32 Å². The van der Waals surface area contributed by atoms with Crippen molar-refractivity contribution >= 4 is 29.1 Å². The van der Waals surface area contributed by atoms with Crippen molar-refractivity contribution in [1.82, 2.24) is 15.2 Å². The van der Waals surface area contributed by atoms with Gasteiger partial charge in [0, 0.05) is 22.2 Å². The lowest BCUT2D eigenvalue weighted by Crippen LogP contribution is -1.99. The molecule has 1 heterocycles. The highest BCUT2D eigenvalue weighted by atomic mass is 35.5. The first-order chi connectivity index (χ1) is 10.3. The second-order valence-electron chi connectivity index (χ2n) is 4.36. The minimum absolute atomic E-state index is 0.703. The molecular formula is C15H13ClN4S. The van der Waals surface area contributed by atoms with Gasteiger partial charge in [-0.05, 0) is 35.9 Å². The molecule has 0 aliphatic carbocycles. The number of nitrogens with one attached hydrogen (secondary N) is 2. The molecule has 4 nitrogen and oxygen atoms in total. The first-order valence-electron chi connectivity index (χ1n) is 6.42. The average molecular weight is 317 g/mol. The summed E-state index contributed by atoms with van der Waals surface area (Å²) in [5.41, 5.74) is 2.14. The molecule has 2 N–H and O–H groups in total. The van der Waals surface area contributed by atoms with E-state index in [-0.39, 0.29) is 0 Å². The van der Waals surface area contributed by atoms with E-state index in [1.807, 2.05) is 48.5 Å². The van der Waals surface area contributed by atoms with Gasteiger partial charge in [-0.3, -0.25) is 5.10 Å². The Morgan fingerprint density at radius 2 is 1.90 bits per heavy atom. The summed E-state index contributed by atoms with van der Waals surface area (Å²) in [6, 6.07) is 16.0. The fraction of sp³-hybridized carbons (Fsp3) is 0.0667. The van der Waals surface area contributed by atoms with Gasteiger partial charge in [0.15, 0.2) is 5.16 Å². The number of halogens is 1. The van der Waals surface area contributed by atoms with Crippen LogP contribution in [0.5, 0.6) is 0 Å². The van der Waals surface area contributed by atoms with Gasteiger partial charge in [0.2, 0.25) is 0 Å². The molecule has 3 aromatic rings. The minimum atomic E-state index is 0.703. The molecule has 0 aliphatic heterocycles. The van der Waals surface area contributed by atoms with Gasteiger partial charge in [0.1, 0.15) is 6.33 Å². The van der Waals surface area contributed by atoms with Crippen molar-refractivity contribution in [1.29, 1.82) is 0 Å². The highest BCUT2D eigenvalue weighted by Crippen LogP contribution is 2.25. The number of rotatable bonds is 5. The van der Waals surface area contributed by atoms with Gasteiger partial charge in [-0.2, -0.15) is 5.10 Å². The maximum Gasteiger partial charge on any atom is 0.188 e. The molecular weight excluding hydrogens is 304 g/mol. The lowest BCUT2D eigenvalue weighted by atomic mass is 10.2. The zero-order valence-corrected chi connectivity index (χ0v) is 12.7. The molecule has 0 spiro atoms. The number of anilines is 1. The smallest absolute Gasteiger partial charge is 0.188 e. The van der Waals surface area contributed by atoms with Crippen LogP contribution in [0.15, 0.2) is 64.9 Å². The predicted molar refractivity (Wildman–Crippen MR) is 85.7 cm³/mol. The normalized spacial score (nSPS) is 10.5. The van der Waals surface area contributed by atoms with Crippen LogP contribution in [-0.2, 0) is 6.54 Å². The van der Waals surface area contributed by atoms with Crippen LogP contribution in [0.3, 0.4) is 0 Å². The number of aromatic amines is 1. The average Bonchev–Trinajstić information content (AvgIpc) is 3.01. The number of benzene rings is 2. The van der Waals surface area contributed by atoms with E-state index < -0.39 is 0 Å². The number of nitrogens with zero attached hydrogens (tertiary/aromatic N) is 2. The van der Waals surface area contributed by atoms with Crippen LogP contribution in [-0.4, -0.2) is 15.2 Å². The van der Waals surface area contributed by atoms with E-state index in [0.29, 0.717) is 6.54 Å². The van der Waals surface area contributed by atoms with Crippen molar-refractivity contribution in [3.8, 4) is 0 Å². The predicted octanol–water partition coefficient (Wildman–Crippen LogP) is 4.22. The summed E-state index contributed by atoms with van der Waals surface area (Å²) in [5, 5.41) is 11.6. The van der Waals surface area contributed by atoms with Gasteiger partial charge in [0.05, 0.1) is 0 Å². The number of H-pyrrole nitrogens is 1. The SMILES string of the molecule is Clc1ccccc1CNc1ccc(Sc2ncn[nH]2)cc1. The lowest BCUT2D eigenvalue weighted by Gasteiger charge is -2.08. The highest BCUT2D eigenvalue weighted by Gasteiger charge is 2.01. The summed E-state index contributed by atoms with van der Waals surface area (Å²) in [4.78, 5) is 5.19. The van der Waals surface area contributed by atoms with Crippen LogP contribution in [0.1, 0.15) is 5.56 Å². The van der Waals surface area contributed by atoms with Crippen LogP contribution in [0.2, 0.25) is 5.02 Å². The molecule has 0 bridgehead atoms. The Kier molecular flexibility index (Phi) is 4.43. The van der Waals surface area contributed by atoms with E-state index in [4.69, 9.17) is 11.6 Å². The highest BCUT2D eigenvalue weighted by molar-refractivity contribution is 7.99. The second kappa shape index (κ2) is 6.65. The Balaban J connectivity index is 1.61. The Bertz CT molecular complexity index is 698. The number of hydrogen-bond acceptors (Lipinski definition) is 4. The van der Waals surface area contributed by atoms with Crippen molar-refractivity contribution in [2.24, 2.45) is 0 Å². The van der Waals surface area contributed by atoms with Gasteiger partial charge in [-0.25, -0.2) is 4.98 Å². The van der Waals surface area contributed by atoms with E-state index in [1.54, 1.807) is 11.8 Å². The van der Waals surface area contributed by atoms with Crippen LogP contribution < -0.4 is 5.32 Å². The van der Waals surface area contributed by atoms with Crippen LogP contribution >= 0.6 is 23.4 Å². The molecule has 6 heteroatoms. The van der Waals surface area contributed by atoms with E-state index in [1.165, 1.54) is 6.33 Å². The summed E-state index contributed by atoms with van der Waals surface area (Å²) >= 11 is 7.68. The standard InChI is InChI=1S/C15H13ClN4S/c16-14-4-2-1-3-11(14)9-17-12-5-7-13(8-6-12)21-15-18-10-19-20-15/h1-8,10,17H,9H2,(H,18,19,20). The van der Waals surface area contributed by atoms with Crippen LogP contribution in [0.25, 0.3) is 0 Å². The molecule has 0 saturated heterocycles. The van der Waals surface area contributed by atoms with Gasteiger partial charge >= 0.3 is 0 Å². The van der Waals surface area contributed by atoms with Crippen molar-refractivity contribution < 1.29 is 0 Å². The number of aromatic nitrogens is 3. The fourth-order valence-electron chi connectivity index (χ4n) is 1.83. The molecule has 0 fully saturated rings. The molecule has 0 radical (unpaired) electrons. The third-order valence-electron chi connectivity index (χ3n) is 2.90. The third kappa shape index (κ3) is 3.77. The molecule has 0 saturated carbocycles. The van der Waals surface area contributed by atoms with Crippen molar-refractivity contribution in [3.63, 3.8) is 0 Å². The van der Waals surface area contributed by atoms with Crippen molar-refractivity contribution in [2.45, 2.75) is 16.6 Å². The van der Waals surface area contributed by atoms with E-state index in [9.17, 15) is 0 Å². The Hall–Kier alpha value is -1.98. The Labute approximate surface area is 132 Å². The lowest BCUT2D eigenvalue weighted by molar-refractivity contribution is 0.973. The minimum Gasteiger partial charge on any atom is -0.381 e. The van der Waals surface area contributed by atoms with Gasteiger partial charge in [-0.15, -0.1) is 0 Å². The van der Waals surface area contributed by atoms with E-state index >= 15 is 0 Å². The third-order valence-corrected chi connectivity index (χ3v) is 4.17. The first-order valence-corrected chi connectivity index (χ1v) is 7.61. The largest absolute Gasteiger partial charge is 0.381 e. The van der Waals surface area contributed by atoms with E-state index in [0.717, 1.165) is 26.3 Å². The summed E-state index contributed by atoms with van der Waals surface area (Å²) in [7, 11) is 0. The van der Waals surface area contributed by atoms with Gasteiger partial charge < -0.3 is 5.32 Å². The molecule has 106 valence electrons. The summed E-state index contributed by atoms with van der Waals surface area (Å²) < 4.78 is 0. The zero-order chi connectivity index (χ0) is 14.5. The molecule has 3 rings (SSSR count). The van der Waals surface area contributed by atoms with Gasteiger partial charge in [-0.1, -0.05) is 41.6 Å². The molecule has 1 aromatic heterocycles. The summed E-state index contributed by atoms with van der Waals surface area (Å²) in [5.74, 6) is 0. The monoisotopic (exact) mass is 316 g/mol. The molecule has 2 aromatic carbocycles. The summed E-state index contributed by atoms with van der Waals surface area (Å²) in [6.45, 7) is 0.703. The molecule has 21 heavy (non-hydrogen) atoms. The molecule has 0 aliphatic rings. The number of hydrogen-bond donors (Lipinski definition) is 2. The van der Waals surface area contributed by atoms with Crippen LogP contribution in [0, 0.1) is 0 Å². The molecule has 0 atom stereocenters. The maximum absolute atomic E-state index is 6.14. The maximum atomic E-state index is 6.14. The first kappa shape index (κ1) is 14.0. The summed E-state index contributed by atoms with van der Waals surface area (Å²) in [6.07, 6.45) is 1.50. The van der Waals surface area contributed by atoms with E-state index in [2.05, 4.69) is 20.5 Å². The fourth-order valence-corrected chi connectivity index (χ4v) is 2.73. The Morgan fingerprint density at radius 1 is 1.10 bits per heavy atom. The van der Waals surface area contributed by atoms with Crippen LogP contribution in [0.4, 0.5) is 5.69 Å². The zero-order valence-electron chi connectivity index (χ0n) is 11.1. The molecule has 0 unspecified atom stereocenters. The van der Waals surface area contributed by atoms with Crippen molar-refractivity contribution in [3.05, 3.63) is 65.4 Å². The molecule has 0 amide bonds. The van der Waals surface area contributed by atoms with Gasteiger partial charge in [0.25, 0.3) is 0 Å². The Morgan fingerprint density at radius 3 is 2.62 bits per heavy atom. The topological polar surface area (TPSA) is 53.6 Å². The second-order valence-corrected chi connectivity index (χ2v) is 5.83.